The Morgan fingerprint density at radius 1 is 0.926 bits per heavy atom. The third kappa shape index (κ3) is 3.82. The minimum atomic E-state index is -0.382. The maximum atomic E-state index is 14.1. The van der Waals surface area contributed by atoms with Crippen LogP contribution in [0.3, 0.4) is 0 Å². The fourth-order valence-corrected chi connectivity index (χ4v) is 2.62. The molecule has 7 heteroatoms. The van der Waals surface area contributed by atoms with Crippen molar-refractivity contribution in [3.8, 4) is 11.6 Å². The van der Waals surface area contributed by atoms with Crippen LogP contribution in [-0.4, -0.2) is 15.0 Å². The number of rotatable bonds is 5. The molecule has 0 amide bonds. The molecule has 0 spiro atoms. The molecule has 4 aromatic rings. The lowest BCUT2D eigenvalue weighted by atomic mass is 10.2. The molecule has 0 saturated heterocycles. The quantitative estimate of drug-likeness (QED) is 0.556. The summed E-state index contributed by atoms with van der Waals surface area (Å²) in [5, 5.41) is 3.45. The second-order valence-electron chi connectivity index (χ2n) is 5.77. The summed E-state index contributed by atoms with van der Waals surface area (Å²) in [7, 11) is 0. The van der Waals surface area contributed by atoms with Crippen molar-refractivity contribution in [1.29, 1.82) is 0 Å². The van der Waals surface area contributed by atoms with Gasteiger partial charge in [-0.1, -0.05) is 18.2 Å². The van der Waals surface area contributed by atoms with Gasteiger partial charge >= 0.3 is 0 Å². The van der Waals surface area contributed by atoms with Gasteiger partial charge in [-0.2, -0.15) is 0 Å². The van der Waals surface area contributed by atoms with Crippen LogP contribution in [-0.2, 0) is 6.54 Å². The van der Waals surface area contributed by atoms with Crippen molar-refractivity contribution in [1.82, 2.24) is 15.0 Å². The molecule has 0 aliphatic heterocycles. The molecule has 0 saturated carbocycles. The summed E-state index contributed by atoms with van der Waals surface area (Å²) in [6.45, 7) is 0.397. The van der Waals surface area contributed by atoms with Gasteiger partial charge in [0.1, 0.15) is 29.5 Å². The summed E-state index contributed by atoms with van der Waals surface area (Å²) in [5.74, 6) is 0.377. The van der Waals surface area contributed by atoms with E-state index in [0.29, 0.717) is 34.9 Å². The van der Waals surface area contributed by atoms with Crippen molar-refractivity contribution in [2.75, 3.05) is 5.32 Å². The van der Waals surface area contributed by atoms with Gasteiger partial charge in [-0.15, -0.1) is 0 Å². The topological polar surface area (TPSA) is 59.9 Å². The Labute approximate surface area is 153 Å². The minimum absolute atomic E-state index is 0.346. The Bertz CT molecular complexity index is 1080. The highest BCUT2D eigenvalue weighted by atomic mass is 19.1. The van der Waals surface area contributed by atoms with Crippen molar-refractivity contribution in [2.45, 2.75) is 6.54 Å². The van der Waals surface area contributed by atoms with Gasteiger partial charge in [0.2, 0.25) is 5.88 Å². The Balaban J connectivity index is 1.47. The molecule has 0 atom stereocenters. The van der Waals surface area contributed by atoms with E-state index >= 15 is 0 Å². The van der Waals surface area contributed by atoms with Crippen LogP contribution in [0.1, 0.15) is 5.56 Å². The fourth-order valence-electron chi connectivity index (χ4n) is 2.62. The van der Waals surface area contributed by atoms with Crippen molar-refractivity contribution in [3.05, 3.63) is 84.3 Å². The van der Waals surface area contributed by atoms with E-state index in [-0.39, 0.29) is 11.6 Å². The number of aromatic nitrogens is 3. The molecule has 0 unspecified atom stereocenters. The van der Waals surface area contributed by atoms with E-state index in [4.69, 9.17) is 4.74 Å². The van der Waals surface area contributed by atoms with Crippen LogP contribution in [0.5, 0.6) is 11.6 Å². The second kappa shape index (κ2) is 7.33. The van der Waals surface area contributed by atoms with Crippen molar-refractivity contribution in [3.63, 3.8) is 0 Å². The van der Waals surface area contributed by atoms with Gasteiger partial charge in [-0.3, -0.25) is 0 Å². The molecule has 2 heterocycles. The zero-order valence-electron chi connectivity index (χ0n) is 14.1. The van der Waals surface area contributed by atoms with Crippen LogP contribution in [0.4, 0.5) is 14.6 Å². The summed E-state index contributed by atoms with van der Waals surface area (Å²) in [6, 6.07) is 14.0. The maximum Gasteiger partial charge on any atom is 0.219 e. The molecule has 0 fully saturated rings. The van der Waals surface area contributed by atoms with Crippen LogP contribution in [0.2, 0.25) is 0 Å². The number of hydrogen-bond acceptors (Lipinski definition) is 5. The van der Waals surface area contributed by atoms with E-state index < -0.39 is 0 Å². The van der Waals surface area contributed by atoms with Gasteiger partial charge in [0.25, 0.3) is 0 Å². The van der Waals surface area contributed by atoms with Gasteiger partial charge in [0, 0.05) is 24.9 Å². The highest BCUT2D eigenvalue weighted by Crippen LogP contribution is 2.23. The van der Waals surface area contributed by atoms with Crippen LogP contribution in [0.15, 0.2) is 67.1 Å². The largest absolute Gasteiger partial charge is 0.439 e. The summed E-state index contributed by atoms with van der Waals surface area (Å²) in [4.78, 5) is 12.4. The molecule has 27 heavy (non-hydrogen) atoms. The third-order valence-corrected chi connectivity index (χ3v) is 3.89. The minimum Gasteiger partial charge on any atom is -0.439 e. The van der Waals surface area contributed by atoms with Gasteiger partial charge in [0.15, 0.2) is 0 Å². The first kappa shape index (κ1) is 16.8. The van der Waals surface area contributed by atoms with Crippen LogP contribution in [0, 0.1) is 11.6 Å². The number of fused-ring (bicyclic) bond motifs is 1. The lowest BCUT2D eigenvalue weighted by Crippen LogP contribution is -2.04. The number of nitrogens with one attached hydrogen (secondary N) is 1. The number of pyridine rings is 1. The summed E-state index contributed by atoms with van der Waals surface area (Å²) in [6.07, 6.45) is 3.01. The Morgan fingerprint density at radius 2 is 1.81 bits per heavy atom. The molecule has 2 aromatic heterocycles. The van der Waals surface area contributed by atoms with E-state index in [1.165, 1.54) is 24.5 Å². The number of nitrogens with zero attached hydrogens (tertiary/aromatic N) is 3. The highest BCUT2D eigenvalue weighted by Gasteiger charge is 2.08. The Kier molecular flexibility index (Phi) is 4.57. The number of halogens is 2. The SMILES string of the molecule is Fc1cccc(Oc2ccc(CNc3ncnc4cccc(F)c34)cn2)c1. The van der Waals surface area contributed by atoms with E-state index in [9.17, 15) is 8.78 Å². The second-order valence-corrected chi connectivity index (χ2v) is 5.77. The monoisotopic (exact) mass is 364 g/mol. The molecule has 5 nitrogen and oxygen atoms in total. The number of benzene rings is 2. The predicted octanol–water partition coefficient (Wildman–Crippen LogP) is 4.71. The van der Waals surface area contributed by atoms with Gasteiger partial charge in [-0.25, -0.2) is 23.7 Å². The summed E-state index contributed by atoms with van der Waals surface area (Å²) in [5.41, 5.74) is 1.38. The number of ether oxygens (including phenoxy) is 1. The highest BCUT2D eigenvalue weighted by molar-refractivity contribution is 5.89. The van der Waals surface area contributed by atoms with Gasteiger partial charge < -0.3 is 10.1 Å². The fraction of sp³-hybridized carbons (Fsp3) is 0.0500. The normalized spacial score (nSPS) is 10.7. The van der Waals surface area contributed by atoms with Gasteiger partial charge in [0.05, 0.1) is 10.9 Å². The molecule has 0 radical (unpaired) electrons. The average Bonchev–Trinajstić information content (AvgIpc) is 2.68. The van der Waals surface area contributed by atoms with Crippen molar-refractivity contribution < 1.29 is 13.5 Å². The van der Waals surface area contributed by atoms with E-state index in [0.717, 1.165) is 5.56 Å². The van der Waals surface area contributed by atoms with Crippen LogP contribution in [0.25, 0.3) is 10.9 Å². The lowest BCUT2D eigenvalue weighted by Gasteiger charge is -2.09. The predicted molar refractivity (Wildman–Crippen MR) is 97.5 cm³/mol. The first-order chi connectivity index (χ1) is 13.2. The molecule has 2 aromatic carbocycles. The van der Waals surface area contributed by atoms with E-state index in [1.807, 2.05) is 6.07 Å². The average molecular weight is 364 g/mol. The summed E-state index contributed by atoms with van der Waals surface area (Å²) < 4.78 is 32.8. The zero-order chi connectivity index (χ0) is 18.6. The first-order valence-electron chi connectivity index (χ1n) is 8.20. The number of hydrogen-bond donors (Lipinski definition) is 1. The molecule has 4 rings (SSSR count). The number of anilines is 1. The Morgan fingerprint density at radius 3 is 2.63 bits per heavy atom. The third-order valence-electron chi connectivity index (χ3n) is 3.89. The molecule has 0 aliphatic carbocycles. The van der Waals surface area contributed by atoms with E-state index in [2.05, 4.69) is 20.3 Å². The molecule has 0 aliphatic rings. The molecule has 0 bridgehead atoms. The lowest BCUT2D eigenvalue weighted by molar-refractivity contribution is 0.458. The molecular weight excluding hydrogens is 350 g/mol. The first-order valence-corrected chi connectivity index (χ1v) is 8.20. The van der Waals surface area contributed by atoms with Crippen molar-refractivity contribution >= 4 is 16.7 Å². The zero-order valence-corrected chi connectivity index (χ0v) is 14.1. The molecule has 134 valence electrons. The summed E-state index contributed by atoms with van der Waals surface area (Å²) >= 11 is 0. The standard InChI is InChI=1S/C20H14F2N4O/c21-14-3-1-4-15(9-14)27-18-8-7-13(10-23-18)11-24-20-19-16(22)5-2-6-17(19)25-12-26-20/h1-10,12H,11H2,(H,24,25,26). The van der Waals surface area contributed by atoms with Gasteiger partial charge in [-0.05, 0) is 29.8 Å². The van der Waals surface area contributed by atoms with Crippen molar-refractivity contribution in [2.24, 2.45) is 0 Å². The maximum absolute atomic E-state index is 14.1. The molecular formula is C20H14F2N4O. The Hall–Kier alpha value is -3.61. The van der Waals surface area contributed by atoms with Crippen LogP contribution < -0.4 is 10.1 Å². The van der Waals surface area contributed by atoms with Crippen LogP contribution >= 0.6 is 0 Å². The van der Waals surface area contributed by atoms with E-state index in [1.54, 1.807) is 36.5 Å². The smallest absolute Gasteiger partial charge is 0.219 e. The molecule has 1 N–H and O–H groups in total.